The zero-order chi connectivity index (χ0) is 15.7. The van der Waals surface area contributed by atoms with Crippen LogP contribution < -0.4 is 10.6 Å². The Morgan fingerprint density at radius 2 is 1.90 bits per heavy atom. The lowest BCUT2D eigenvalue weighted by Gasteiger charge is -2.59. The van der Waals surface area contributed by atoms with Gasteiger partial charge in [-0.25, -0.2) is 0 Å². The topological polar surface area (TPSA) is 67.4 Å². The lowest BCUT2D eigenvalue weighted by atomic mass is 9.56. The third-order valence-corrected chi connectivity index (χ3v) is 5.44. The van der Waals surface area contributed by atoms with Crippen LogP contribution in [0.2, 0.25) is 0 Å². The van der Waals surface area contributed by atoms with Gasteiger partial charge < -0.3 is 15.4 Å². The van der Waals surface area contributed by atoms with Crippen LogP contribution in [0.4, 0.5) is 0 Å². The molecule has 0 unspecified atom stereocenters. The van der Waals surface area contributed by atoms with Gasteiger partial charge in [0, 0.05) is 37.5 Å². The number of carbonyl (C=O) groups excluding carboxylic acids is 2. The molecule has 21 heavy (non-hydrogen) atoms. The fourth-order valence-electron chi connectivity index (χ4n) is 2.94. The number of rotatable bonds is 7. The Labute approximate surface area is 127 Å². The number of nitrogens with one attached hydrogen (secondary N) is 2. The Balaban J connectivity index is 1.63. The first-order valence-electron chi connectivity index (χ1n) is 7.92. The van der Waals surface area contributed by atoms with Crippen LogP contribution in [-0.4, -0.2) is 37.1 Å². The Morgan fingerprint density at radius 3 is 2.43 bits per heavy atom. The monoisotopic (exact) mass is 296 g/mol. The van der Waals surface area contributed by atoms with E-state index in [1.807, 2.05) is 0 Å². The van der Waals surface area contributed by atoms with Gasteiger partial charge in [0.05, 0.1) is 5.60 Å². The van der Waals surface area contributed by atoms with E-state index in [4.69, 9.17) is 4.74 Å². The van der Waals surface area contributed by atoms with E-state index in [0.717, 1.165) is 19.3 Å². The lowest BCUT2D eigenvalue weighted by Crippen LogP contribution is -2.68. The van der Waals surface area contributed by atoms with Gasteiger partial charge in [-0.05, 0) is 32.6 Å². The van der Waals surface area contributed by atoms with Crippen LogP contribution in [0.15, 0.2) is 0 Å². The summed E-state index contributed by atoms with van der Waals surface area (Å²) in [5, 5.41) is 5.97. The summed E-state index contributed by atoms with van der Waals surface area (Å²) < 4.78 is 5.56. The van der Waals surface area contributed by atoms with Crippen molar-refractivity contribution in [1.82, 2.24) is 10.6 Å². The summed E-state index contributed by atoms with van der Waals surface area (Å²) in [7, 11) is 1.72. The summed E-state index contributed by atoms with van der Waals surface area (Å²) in [6.07, 6.45) is 4.03. The quantitative estimate of drug-likeness (QED) is 0.701. The average Bonchev–Trinajstić information content (AvgIpc) is 3.27. The first-order chi connectivity index (χ1) is 9.80. The van der Waals surface area contributed by atoms with Crippen LogP contribution in [0.25, 0.3) is 0 Å². The minimum Gasteiger partial charge on any atom is -0.378 e. The van der Waals surface area contributed by atoms with E-state index in [1.165, 1.54) is 0 Å². The highest BCUT2D eigenvalue weighted by molar-refractivity contribution is 5.81. The largest absolute Gasteiger partial charge is 0.378 e. The second-order valence-corrected chi connectivity index (χ2v) is 7.15. The van der Waals surface area contributed by atoms with Crippen LogP contribution in [0, 0.1) is 11.3 Å². The maximum absolute atomic E-state index is 12.0. The summed E-state index contributed by atoms with van der Waals surface area (Å²) >= 11 is 0. The number of methoxy groups -OCH3 is 1. The minimum atomic E-state index is -0.164. The molecule has 2 atom stereocenters. The molecule has 0 aromatic carbocycles. The SMILES string of the molecule is CO[C@]1(C)C[C@H](NC(=O)CCCNC(=O)C2CC2)C1(C)C. The molecule has 0 spiro atoms. The molecule has 5 nitrogen and oxygen atoms in total. The highest BCUT2D eigenvalue weighted by Crippen LogP contribution is 2.51. The van der Waals surface area contributed by atoms with E-state index >= 15 is 0 Å². The molecule has 0 aliphatic heterocycles. The number of hydrogen-bond donors (Lipinski definition) is 2. The van der Waals surface area contributed by atoms with Gasteiger partial charge in [0.2, 0.25) is 11.8 Å². The molecule has 0 saturated heterocycles. The van der Waals surface area contributed by atoms with Gasteiger partial charge in [-0.1, -0.05) is 13.8 Å². The molecule has 0 aromatic heterocycles. The van der Waals surface area contributed by atoms with Gasteiger partial charge in [0.15, 0.2) is 0 Å². The molecule has 2 saturated carbocycles. The second kappa shape index (κ2) is 5.95. The van der Waals surface area contributed by atoms with Crippen molar-refractivity contribution in [1.29, 1.82) is 0 Å². The van der Waals surface area contributed by atoms with E-state index < -0.39 is 0 Å². The van der Waals surface area contributed by atoms with E-state index in [0.29, 0.717) is 19.4 Å². The number of amides is 2. The maximum Gasteiger partial charge on any atom is 0.223 e. The van der Waals surface area contributed by atoms with Crippen molar-refractivity contribution in [3.63, 3.8) is 0 Å². The highest BCUT2D eigenvalue weighted by Gasteiger charge is 2.58. The zero-order valence-electron chi connectivity index (χ0n) is 13.6. The lowest BCUT2D eigenvalue weighted by molar-refractivity contribution is -0.182. The van der Waals surface area contributed by atoms with Crippen molar-refractivity contribution >= 4 is 11.8 Å². The Morgan fingerprint density at radius 1 is 1.24 bits per heavy atom. The number of carbonyl (C=O) groups is 2. The molecule has 2 N–H and O–H groups in total. The molecule has 2 aliphatic rings. The number of ether oxygens (including phenoxy) is 1. The first kappa shape index (κ1) is 16.3. The van der Waals surface area contributed by atoms with Crippen molar-refractivity contribution in [2.24, 2.45) is 11.3 Å². The smallest absolute Gasteiger partial charge is 0.223 e. The van der Waals surface area contributed by atoms with Gasteiger partial charge in [0.1, 0.15) is 0 Å². The standard InChI is InChI=1S/C16H28N2O3/c1-15(2)12(10-16(15,3)21-4)18-13(19)6-5-9-17-14(20)11-7-8-11/h11-12H,5-10H2,1-4H3,(H,17,20)(H,18,19)/t12-,16+/m0/s1. The minimum absolute atomic E-state index is 0.0579. The van der Waals surface area contributed by atoms with Crippen LogP contribution in [0.5, 0.6) is 0 Å². The first-order valence-corrected chi connectivity index (χ1v) is 7.92. The van der Waals surface area contributed by atoms with E-state index in [2.05, 4.69) is 31.4 Å². The van der Waals surface area contributed by atoms with E-state index in [1.54, 1.807) is 7.11 Å². The molecular weight excluding hydrogens is 268 g/mol. The third-order valence-electron chi connectivity index (χ3n) is 5.44. The predicted octanol–water partition coefficient (Wildman–Crippen LogP) is 1.61. The molecule has 2 rings (SSSR count). The van der Waals surface area contributed by atoms with Gasteiger partial charge >= 0.3 is 0 Å². The van der Waals surface area contributed by atoms with Crippen molar-refractivity contribution in [3.05, 3.63) is 0 Å². The van der Waals surface area contributed by atoms with Crippen LogP contribution in [-0.2, 0) is 14.3 Å². The number of hydrogen-bond acceptors (Lipinski definition) is 3. The zero-order valence-corrected chi connectivity index (χ0v) is 13.6. The van der Waals surface area contributed by atoms with Gasteiger partial charge in [0.25, 0.3) is 0 Å². The third kappa shape index (κ3) is 3.39. The van der Waals surface area contributed by atoms with Crippen molar-refractivity contribution in [2.45, 2.75) is 64.5 Å². The Kier molecular flexibility index (Phi) is 4.61. The fourth-order valence-corrected chi connectivity index (χ4v) is 2.94. The van der Waals surface area contributed by atoms with E-state index in [9.17, 15) is 9.59 Å². The van der Waals surface area contributed by atoms with Crippen molar-refractivity contribution in [2.75, 3.05) is 13.7 Å². The van der Waals surface area contributed by atoms with Crippen molar-refractivity contribution in [3.8, 4) is 0 Å². The Bertz CT molecular complexity index is 418. The molecule has 120 valence electrons. The molecule has 5 heteroatoms. The molecule has 0 aromatic rings. The molecular formula is C16H28N2O3. The molecule has 0 bridgehead atoms. The molecule has 0 heterocycles. The second-order valence-electron chi connectivity index (χ2n) is 7.15. The summed E-state index contributed by atoms with van der Waals surface area (Å²) in [5.74, 6) is 0.444. The molecule has 2 aliphatic carbocycles. The highest BCUT2D eigenvalue weighted by atomic mass is 16.5. The Hall–Kier alpha value is -1.10. The van der Waals surface area contributed by atoms with E-state index in [-0.39, 0.29) is 34.8 Å². The molecule has 2 fully saturated rings. The summed E-state index contributed by atoms with van der Waals surface area (Å²) in [4.78, 5) is 23.4. The van der Waals surface area contributed by atoms with Gasteiger partial charge in [-0.2, -0.15) is 0 Å². The normalized spacial score (nSPS) is 30.4. The average molecular weight is 296 g/mol. The summed E-state index contributed by atoms with van der Waals surface area (Å²) in [5.41, 5.74) is -0.221. The molecule has 2 amide bonds. The van der Waals surface area contributed by atoms with Gasteiger partial charge in [-0.3, -0.25) is 9.59 Å². The van der Waals surface area contributed by atoms with Gasteiger partial charge in [-0.15, -0.1) is 0 Å². The maximum atomic E-state index is 12.0. The predicted molar refractivity (Wildman–Crippen MR) is 80.7 cm³/mol. The van der Waals surface area contributed by atoms with Crippen molar-refractivity contribution < 1.29 is 14.3 Å². The van der Waals surface area contributed by atoms with Crippen LogP contribution >= 0.6 is 0 Å². The molecule has 0 radical (unpaired) electrons. The fraction of sp³-hybridized carbons (Fsp3) is 0.875. The van der Waals surface area contributed by atoms with Crippen LogP contribution in [0.1, 0.15) is 52.9 Å². The summed E-state index contributed by atoms with van der Waals surface area (Å²) in [6.45, 7) is 6.93. The summed E-state index contributed by atoms with van der Waals surface area (Å²) in [6, 6.07) is 0.163. The van der Waals surface area contributed by atoms with Crippen LogP contribution in [0.3, 0.4) is 0 Å².